The average molecular weight is 209 g/mol. The van der Waals surface area contributed by atoms with Crippen molar-refractivity contribution in [2.75, 3.05) is 20.3 Å². The van der Waals surface area contributed by atoms with Crippen LogP contribution in [0.1, 0.15) is 12.0 Å². The highest BCUT2D eigenvalue weighted by atomic mass is 16.5. The predicted molar refractivity (Wildman–Crippen MR) is 60.6 cm³/mol. The molecular formula is C12H19NO2. The Hall–Kier alpha value is -0.900. The van der Waals surface area contributed by atoms with E-state index in [1.54, 1.807) is 7.11 Å². The van der Waals surface area contributed by atoms with Crippen LogP contribution in [0.25, 0.3) is 0 Å². The van der Waals surface area contributed by atoms with E-state index in [9.17, 15) is 0 Å². The molecule has 3 heteroatoms. The van der Waals surface area contributed by atoms with E-state index >= 15 is 0 Å². The molecule has 1 atom stereocenters. The van der Waals surface area contributed by atoms with Crippen molar-refractivity contribution in [3.05, 3.63) is 35.9 Å². The van der Waals surface area contributed by atoms with Gasteiger partial charge < -0.3 is 15.2 Å². The van der Waals surface area contributed by atoms with Crippen molar-refractivity contribution in [2.24, 2.45) is 5.73 Å². The summed E-state index contributed by atoms with van der Waals surface area (Å²) in [5.41, 5.74) is 6.67. The molecule has 0 aliphatic carbocycles. The van der Waals surface area contributed by atoms with Gasteiger partial charge in [-0.25, -0.2) is 0 Å². The summed E-state index contributed by atoms with van der Waals surface area (Å²) < 4.78 is 10.8. The summed E-state index contributed by atoms with van der Waals surface area (Å²) in [5.74, 6) is 0. The van der Waals surface area contributed by atoms with Crippen molar-refractivity contribution in [3.63, 3.8) is 0 Å². The van der Waals surface area contributed by atoms with Gasteiger partial charge in [-0.05, 0) is 18.5 Å². The van der Waals surface area contributed by atoms with Gasteiger partial charge in [-0.15, -0.1) is 0 Å². The third-order valence-electron chi connectivity index (χ3n) is 2.17. The van der Waals surface area contributed by atoms with Crippen LogP contribution in [0.15, 0.2) is 30.3 Å². The fourth-order valence-corrected chi connectivity index (χ4v) is 1.37. The Balaban J connectivity index is 2.33. The van der Waals surface area contributed by atoms with Crippen LogP contribution in [0, 0.1) is 0 Å². The van der Waals surface area contributed by atoms with E-state index in [1.807, 2.05) is 30.3 Å². The lowest BCUT2D eigenvalue weighted by atomic mass is 10.2. The van der Waals surface area contributed by atoms with E-state index in [-0.39, 0.29) is 6.10 Å². The number of hydrogen-bond acceptors (Lipinski definition) is 3. The van der Waals surface area contributed by atoms with Crippen LogP contribution >= 0.6 is 0 Å². The number of benzene rings is 1. The van der Waals surface area contributed by atoms with Gasteiger partial charge >= 0.3 is 0 Å². The van der Waals surface area contributed by atoms with E-state index in [2.05, 4.69) is 0 Å². The molecule has 15 heavy (non-hydrogen) atoms. The molecule has 0 heterocycles. The average Bonchev–Trinajstić information content (AvgIpc) is 2.28. The van der Waals surface area contributed by atoms with Gasteiger partial charge in [-0.1, -0.05) is 30.3 Å². The van der Waals surface area contributed by atoms with Crippen LogP contribution in [0.4, 0.5) is 0 Å². The van der Waals surface area contributed by atoms with Gasteiger partial charge in [-0.2, -0.15) is 0 Å². The Bertz CT molecular complexity index is 245. The van der Waals surface area contributed by atoms with Crippen LogP contribution < -0.4 is 5.73 Å². The highest BCUT2D eigenvalue weighted by Crippen LogP contribution is 2.05. The highest BCUT2D eigenvalue weighted by molar-refractivity contribution is 5.13. The molecule has 0 unspecified atom stereocenters. The van der Waals surface area contributed by atoms with Crippen molar-refractivity contribution in [1.29, 1.82) is 0 Å². The van der Waals surface area contributed by atoms with Gasteiger partial charge in [0.2, 0.25) is 0 Å². The number of ether oxygens (including phenoxy) is 2. The zero-order valence-corrected chi connectivity index (χ0v) is 9.19. The van der Waals surface area contributed by atoms with E-state index in [0.717, 1.165) is 6.42 Å². The second kappa shape index (κ2) is 7.40. The zero-order chi connectivity index (χ0) is 10.9. The van der Waals surface area contributed by atoms with Crippen LogP contribution in [0.5, 0.6) is 0 Å². The SMILES string of the molecule is COC[C@H](CCN)OCc1ccccc1. The standard InChI is InChI=1S/C12H19NO2/c1-14-10-12(7-8-13)15-9-11-5-3-2-4-6-11/h2-6,12H,7-10,13H2,1H3/t12-/m0/s1. The third-order valence-corrected chi connectivity index (χ3v) is 2.17. The van der Waals surface area contributed by atoms with Gasteiger partial charge in [0.25, 0.3) is 0 Å². The zero-order valence-electron chi connectivity index (χ0n) is 9.19. The molecule has 0 saturated carbocycles. The minimum atomic E-state index is 0.0974. The summed E-state index contributed by atoms with van der Waals surface area (Å²) in [6, 6.07) is 10.1. The second-order valence-electron chi connectivity index (χ2n) is 3.45. The van der Waals surface area contributed by atoms with Crippen molar-refractivity contribution in [2.45, 2.75) is 19.1 Å². The molecule has 0 saturated heterocycles. The maximum absolute atomic E-state index is 5.70. The molecule has 2 N–H and O–H groups in total. The molecule has 0 aliphatic heterocycles. The lowest BCUT2D eigenvalue weighted by Gasteiger charge is -2.16. The minimum Gasteiger partial charge on any atom is -0.382 e. The molecule has 1 rings (SSSR count). The highest BCUT2D eigenvalue weighted by Gasteiger charge is 2.07. The molecule has 0 fully saturated rings. The Labute approximate surface area is 91.2 Å². The molecule has 0 amide bonds. The predicted octanol–water partition coefficient (Wildman–Crippen LogP) is 1.57. The molecule has 0 bridgehead atoms. The maximum atomic E-state index is 5.70. The van der Waals surface area contributed by atoms with E-state index in [4.69, 9.17) is 15.2 Å². The summed E-state index contributed by atoms with van der Waals surface area (Å²) in [7, 11) is 1.68. The number of hydrogen-bond donors (Lipinski definition) is 1. The minimum absolute atomic E-state index is 0.0974. The normalized spacial score (nSPS) is 12.7. The second-order valence-corrected chi connectivity index (χ2v) is 3.45. The lowest BCUT2D eigenvalue weighted by molar-refractivity contribution is -0.0140. The monoisotopic (exact) mass is 209 g/mol. The molecule has 0 radical (unpaired) electrons. The first-order valence-electron chi connectivity index (χ1n) is 5.21. The number of rotatable bonds is 7. The first kappa shape index (κ1) is 12.2. The molecular weight excluding hydrogens is 190 g/mol. The summed E-state index contributed by atoms with van der Waals surface area (Å²) in [4.78, 5) is 0. The van der Waals surface area contributed by atoms with Crippen LogP contribution in [-0.2, 0) is 16.1 Å². The van der Waals surface area contributed by atoms with Crippen molar-refractivity contribution >= 4 is 0 Å². The number of nitrogens with two attached hydrogens (primary N) is 1. The first-order chi connectivity index (χ1) is 7.36. The number of methoxy groups -OCH3 is 1. The van der Waals surface area contributed by atoms with Gasteiger partial charge in [0.1, 0.15) is 0 Å². The molecule has 84 valence electrons. The topological polar surface area (TPSA) is 44.5 Å². The summed E-state index contributed by atoms with van der Waals surface area (Å²) in [6.07, 6.45) is 0.931. The molecule has 1 aromatic carbocycles. The maximum Gasteiger partial charge on any atom is 0.0824 e. The van der Waals surface area contributed by atoms with Crippen LogP contribution in [0.2, 0.25) is 0 Å². The van der Waals surface area contributed by atoms with Gasteiger partial charge in [0, 0.05) is 7.11 Å². The van der Waals surface area contributed by atoms with Crippen molar-refractivity contribution in [3.8, 4) is 0 Å². The van der Waals surface area contributed by atoms with Gasteiger partial charge in [-0.3, -0.25) is 0 Å². The Morgan fingerprint density at radius 1 is 1.27 bits per heavy atom. The van der Waals surface area contributed by atoms with E-state index in [1.165, 1.54) is 5.56 Å². The van der Waals surface area contributed by atoms with Crippen LogP contribution in [0.3, 0.4) is 0 Å². The summed E-state index contributed by atoms with van der Waals surface area (Å²) in [6.45, 7) is 1.85. The van der Waals surface area contributed by atoms with Crippen molar-refractivity contribution in [1.82, 2.24) is 0 Å². The summed E-state index contributed by atoms with van der Waals surface area (Å²) >= 11 is 0. The van der Waals surface area contributed by atoms with Gasteiger partial charge in [0.05, 0.1) is 19.3 Å². The van der Waals surface area contributed by atoms with E-state index in [0.29, 0.717) is 19.8 Å². The molecule has 0 aromatic heterocycles. The molecule has 0 aliphatic rings. The van der Waals surface area contributed by atoms with Crippen LogP contribution in [-0.4, -0.2) is 26.4 Å². The fraction of sp³-hybridized carbons (Fsp3) is 0.500. The Morgan fingerprint density at radius 3 is 2.60 bits per heavy atom. The molecule has 3 nitrogen and oxygen atoms in total. The fourth-order valence-electron chi connectivity index (χ4n) is 1.37. The Morgan fingerprint density at radius 2 is 2.00 bits per heavy atom. The quantitative estimate of drug-likeness (QED) is 0.741. The smallest absolute Gasteiger partial charge is 0.0824 e. The first-order valence-corrected chi connectivity index (χ1v) is 5.21. The largest absolute Gasteiger partial charge is 0.382 e. The molecule has 1 aromatic rings. The van der Waals surface area contributed by atoms with Gasteiger partial charge in [0.15, 0.2) is 0 Å². The molecule has 0 spiro atoms. The van der Waals surface area contributed by atoms with E-state index < -0.39 is 0 Å². The third kappa shape index (κ3) is 4.93. The Kier molecular flexibility index (Phi) is 6.00. The van der Waals surface area contributed by atoms with Crippen molar-refractivity contribution < 1.29 is 9.47 Å². The summed E-state index contributed by atoms with van der Waals surface area (Å²) in [5, 5.41) is 0. The lowest BCUT2D eigenvalue weighted by Crippen LogP contribution is -2.22.